The fourth-order valence-corrected chi connectivity index (χ4v) is 4.90. The molecular weight excluding hydrogens is 485 g/mol. The maximum Gasteiger partial charge on any atom is 0.191 e. The number of nitrogens with zero attached hydrogens (tertiary/aromatic N) is 3. The number of aliphatic hydroxyl groups is 1. The zero-order valence-electron chi connectivity index (χ0n) is 16.4. The first-order valence-electron chi connectivity index (χ1n) is 9.72. The minimum Gasteiger partial charge on any atom is -0.387 e. The second-order valence-corrected chi connectivity index (χ2v) is 8.39. The summed E-state index contributed by atoms with van der Waals surface area (Å²) in [5.41, 5.74) is 1.06. The quantitative estimate of drug-likeness (QED) is 0.318. The Kier molecular flexibility index (Phi) is 9.18. The number of anilines is 1. The number of nitriles is 1. The number of halogens is 1. The summed E-state index contributed by atoms with van der Waals surface area (Å²) in [4.78, 5) is 6.94. The summed E-state index contributed by atoms with van der Waals surface area (Å²) in [5.74, 6) is 2.53. The van der Waals surface area contributed by atoms with E-state index in [1.54, 1.807) is 11.8 Å². The van der Waals surface area contributed by atoms with Gasteiger partial charge in [0, 0.05) is 31.4 Å². The Bertz CT molecular complexity index is 702. The molecule has 8 heteroatoms. The number of hydrogen-bond donors (Lipinski definition) is 3. The number of hydrogen-bond acceptors (Lipinski definition) is 5. The van der Waals surface area contributed by atoms with Gasteiger partial charge in [0.1, 0.15) is 6.07 Å². The Hall–Kier alpha value is -1.18. The largest absolute Gasteiger partial charge is 0.387 e. The van der Waals surface area contributed by atoms with Gasteiger partial charge in [-0.3, -0.25) is 4.99 Å². The van der Waals surface area contributed by atoms with Gasteiger partial charge >= 0.3 is 0 Å². The molecule has 2 aliphatic rings. The van der Waals surface area contributed by atoms with Crippen molar-refractivity contribution >= 4 is 47.4 Å². The normalized spacial score (nSPS) is 25.0. The molecule has 3 N–H and O–H groups in total. The summed E-state index contributed by atoms with van der Waals surface area (Å²) in [7, 11) is 0. The van der Waals surface area contributed by atoms with Crippen LogP contribution in [0.1, 0.15) is 31.7 Å². The molecule has 6 nitrogen and oxygen atoms in total. The highest BCUT2D eigenvalue weighted by molar-refractivity contribution is 14.0. The van der Waals surface area contributed by atoms with Crippen molar-refractivity contribution in [2.24, 2.45) is 4.99 Å². The molecule has 1 aromatic rings. The first kappa shape index (κ1) is 23.1. The smallest absolute Gasteiger partial charge is 0.191 e. The summed E-state index contributed by atoms with van der Waals surface area (Å²) >= 11 is 1.79. The van der Waals surface area contributed by atoms with Gasteiger partial charge in [-0.2, -0.15) is 17.0 Å². The van der Waals surface area contributed by atoms with Crippen LogP contribution in [0, 0.1) is 11.3 Å². The van der Waals surface area contributed by atoms with Crippen LogP contribution >= 0.6 is 35.7 Å². The fraction of sp³-hybridized carbons (Fsp3) is 0.600. The van der Waals surface area contributed by atoms with Gasteiger partial charge < -0.3 is 20.6 Å². The van der Waals surface area contributed by atoms with Crippen molar-refractivity contribution < 1.29 is 5.11 Å². The summed E-state index contributed by atoms with van der Waals surface area (Å²) in [6.07, 6.45) is 2.94. The molecule has 2 fully saturated rings. The zero-order valence-corrected chi connectivity index (χ0v) is 19.5. The molecule has 0 saturated carbocycles. The third kappa shape index (κ3) is 6.16. The summed E-state index contributed by atoms with van der Waals surface area (Å²) < 4.78 is 0. The van der Waals surface area contributed by atoms with E-state index in [-0.39, 0.29) is 30.0 Å². The number of guanidine groups is 1. The van der Waals surface area contributed by atoms with Crippen LogP contribution in [-0.2, 0) is 0 Å². The van der Waals surface area contributed by atoms with Gasteiger partial charge in [-0.25, -0.2) is 0 Å². The molecule has 3 rings (SSSR count). The van der Waals surface area contributed by atoms with E-state index < -0.39 is 5.60 Å². The summed E-state index contributed by atoms with van der Waals surface area (Å²) in [5, 5.41) is 26.8. The number of benzene rings is 1. The molecular formula is C20H30IN5OS. The molecule has 2 unspecified atom stereocenters. The van der Waals surface area contributed by atoms with E-state index in [9.17, 15) is 10.4 Å². The number of aliphatic imine (C=N–C) groups is 1. The Morgan fingerprint density at radius 2 is 2.29 bits per heavy atom. The van der Waals surface area contributed by atoms with Crippen molar-refractivity contribution in [1.29, 1.82) is 5.26 Å². The lowest BCUT2D eigenvalue weighted by molar-refractivity contribution is 0.0778. The predicted octanol–water partition coefficient (Wildman–Crippen LogP) is 2.57. The average Bonchev–Trinajstić information content (AvgIpc) is 3.13. The van der Waals surface area contributed by atoms with Gasteiger partial charge in [0.2, 0.25) is 0 Å². The monoisotopic (exact) mass is 515 g/mol. The molecule has 154 valence electrons. The summed E-state index contributed by atoms with van der Waals surface area (Å²) in [6, 6.07) is 10.3. The molecule has 2 aliphatic heterocycles. The number of para-hydroxylation sites is 1. The van der Waals surface area contributed by atoms with Crippen LogP contribution in [0.25, 0.3) is 0 Å². The van der Waals surface area contributed by atoms with Gasteiger partial charge in [0.15, 0.2) is 5.96 Å². The Morgan fingerprint density at radius 1 is 1.46 bits per heavy atom. The first-order valence-corrected chi connectivity index (χ1v) is 10.9. The van der Waals surface area contributed by atoms with Gasteiger partial charge in [-0.15, -0.1) is 24.0 Å². The van der Waals surface area contributed by atoms with Crippen molar-refractivity contribution in [2.75, 3.05) is 42.6 Å². The van der Waals surface area contributed by atoms with Crippen molar-refractivity contribution in [3.8, 4) is 6.07 Å². The SMILES string of the molecule is CCNC(=NCC1(O)CCSC1)NC1CCCN(c2ccccc2C#N)C1.I. The molecule has 2 saturated heterocycles. The van der Waals surface area contributed by atoms with Crippen LogP contribution in [-0.4, -0.2) is 60.4 Å². The lowest BCUT2D eigenvalue weighted by Crippen LogP contribution is -2.51. The van der Waals surface area contributed by atoms with Crippen LogP contribution in [0.3, 0.4) is 0 Å². The Balaban J connectivity index is 0.00000280. The molecule has 0 aliphatic carbocycles. The second kappa shape index (κ2) is 11.1. The van der Waals surface area contributed by atoms with Gasteiger partial charge in [-0.1, -0.05) is 12.1 Å². The zero-order chi connectivity index (χ0) is 19.1. The van der Waals surface area contributed by atoms with Crippen LogP contribution in [0.4, 0.5) is 5.69 Å². The van der Waals surface area contributed by atoms with Gasteiger partial charge in [0.25, 0.3) is 0 Å². The highest BCUT2D eigenvalue weighted by Crippen LogP contribution is 2.28. The topological polar surface area (TPSA) is 83.7 Å². The lowest BCUT2D eigenvalue weighted by Gasteiger charge is -2.36. The Labute approximate surface area is 189 Å². The first-order chi connectivity index (χ1) is 13.1. The van der Waals surface area contributed by atoms with Crippen LogP contribution in [0.5, 0.6) is 0 Å². The van der Waals surface area contributed by atoms with Crippen LogP contribution in [0.2, 0.25) is 0 Å². The number of rotatable bonds is 5. The van der Waals surface area contributed by atoms with E-state index in [0.29, 0.717) is 6.54 Å². The van der Waals surface area contributed by atoms with Crippen LogP contribution in [0.15, 0.2) is 29.3 Å². The molecule has 0 spiro atoms. The van der Waals surface area contributed by atoms with E-state index >= 15 is 0 Å². The molecule has 0 bridgehead atoms. The maximum absolute atomic E-state index is 10.5. The maximum atomic E-state index is 10.5. The highest BCUT2D eigenvalue weighted by Gasteiger charge is 2.31. The highest BCUT2D eigenvalue weighted by atomic mass is 127. The predicted molar refractivity (Wildman–Crippen MR) is 128 cm³/mol. The number of nitrogens with one attached hydrogen (secondary N) is 2. The van der Waals surface area contributed by atoms with Crippen molar-refractivity contribution in [3.05, 3.63) is 29.8 Å². The van der Waals surface area contributed by atoms with E-state index in [4.69, 9.17) is 0 Å². The fourth-order valence-electron chi connectivity index (χ4n) is 3.62. The minimum absolute atomic E-state index is 0. The third-order valence-electron chi connectivity index (χ3n) is 5.09. The van der Waals surface area contributed by atoms with Crippen LogP contribution < -0.4 is 15.5 Å². The van der Waals surface area contributed by atoms with E-state index in [0.717, 1.165) is 67.6 Å². The molecule has 28 heavy (non-hydrogen) atoms. The molecule has 0 radical (unpaired) electrons. The van der Waals surface area contributed by atoms with E-state index in [2.05, 4.69) is 26.6 Å². The summed E-state index contributed by atoms with van der Waals surface area (Å²) in [6.45, 7) is 5.06. The molecule has 0 aromatic heterocycles. The second-order valence-electron chi connectivity index (χ2n) is 7.28. The van der Waals surface area contributed by atoms with Gasteiger partial charge in [-0.05, 0) is 44.1 Å². The number of piperidine rings is 1. The van der Waals surface area contributed by atoms with Crippen molar-refractivity contribution in [2.45, 2.75) is 37.8 Å². The van der Waals surface area contributed by atoms with Gasteiger partial charge in [0.05, 0.1) is 23.4 Å². The molecule has 2 heterocycles. The average molecular weight is 515 g/mol. The standard InChI is InChI=1S/C20H29N5OS.HI/c1-2-22-19(23-14-20(26)9-11-27-15-20)24-17-7-5-10-25(13-17)18-8-4-3-6-16(18)12-21;/h3-4,6,8,17,26H,2,5,7,9-11,13-15H2,1H3,(H2,22,23,24);1H. The van der Waals surface area contributed by atoms with E-state index in [1.807, 2.05) is 31.2 Å². The molecule has 2 atom stereocenters. The molecule has 0 amide bonds. The Morgan fingerprint density at radius 3 is 3.00 bits per heavy atom. The number of thioether (sulfide) groups is 1. The molecule has 1 aromatic carbocycles. The third-order valence-corrected chi connectivity index (χ3v) is 6.32. The van der Waals surface area contributed by atoms with Crippen molar-refractivity contribution in [1.82, 2.24) is 10.6 Å². The van der Waals surface area contributed by atoms with Crippen molar-refractivity contribution in [3.63, 3.8) is 0 Å². The van der Waals surface area contributed by atoms with E-state index in [1.165, 1.54) is 0 Å². The lowest BCUT2D eigenvalue weighted by atomic mass is 10.0. The minimum atomic E-state index is -0.669.